The summed E-state index contributed by atoms with van der Waals surface area (Å²) in [5, 5.41) is 0.262. The molecule has 4 N–H and O–H groups in total. The third kappa shape index (κ3) is 7.16. The third-order valence-electron chi connectivity index (χ3n) is 4.75. The SMILES string of the molecule is CNNC(N)=S.Cc1ccc(N2CCCN(Cc3ccc(F)cc3)CC2)c(F)c1F. The molecule has 30 heavy (non-hydrogen) atoms. The molecule has 2 aromatic carbocycles. The highest BCUT2D eigenvalue weighted by Crippen LogP contribution is 2.25. The van der Waals surface area contributed by atoms with E-state index in [1.807, 2.05) is 4.90 Å². The van der Waals surface area contributed by atoms with Gasteiger partial charge in [0.15, 0.2) is 16.7 Å². The maximum absolute atomic E-state index is 14.2. The van der Waals surface area contributed by atoms with Crippen molar-refractivity contribution in [1.82, 2.24) is 15.8 Å². The maximum Gasteiger partial charge on any atom is 0.182 e. The summed E-state index contributed by atoms with van der Waals surface area (Å²) in [5.41, 5.74) is 11.7. The normalized spacial score (nSPS) is 14.5. The van der Waals surface area contributed by atoms with Crippen LogP contribution in [-0.2, 0) is 6.54 Å². The number of halogens is 3. The van der Waals surface area contributed by atoms with Crippen LogP contribution >= 0.6 is 12.2 Å². The standard InChI is InChI=1S/C19H21F3N2.C2H7N3S/c1-14-3-8-17(19(22)18(14)21)24-10-2-9-23(11-12-24)13-15-4-6-16(20)7-5-15;1-4-5-2(3)6/h3-8H,2,9-13H2,1H3;4H,1H3,(H3,3,5,6). The smallest absolute Gasteiger partial charge is 0.182 e. The molecule has 0 radical (unpaired) electrons. The zero-order valence-electron chi connectivity index (χ0n) is 17.2. The number of nitrogens with one attached hydrogen (secondary N) is 2. The quantitative estimate of drug-likeness (QED) is 0.503. The van der Waals surface area contributed by atoms with E-state index >= 15 is 0 Å². The third-order valence-corrected chi connectivity index (χ3v) is 4.85. The fourth-order valence-electron chi connectivity index (χ4n) is 3.22. The molecule has 3 rings (SSSR count). The number of thiocarbonyl (C=S) groups is 1. The lowest BCUT2D eigenvalue weighted by Gasteiger charge is -2.24. The lowest BCUT2D eigenvalue weighted by molar-refractivity contribution is 0.285. The van der Waals surface area contributed by atoms with Gasteiger partial charge in [-0.05, 0) is 54.9 Å². The van der Waals surface area contributed by atoms with Crippen molar-refractivity contribution >= 4 is 23.0 Å². The molecule has 1 saturated heterocycles. The molecule has 0 atom stereocenters. The molecule has 0 aliphatic carbocycles. The monoisotopic (exact) mass is 439 g/mol. The van der Waals surface area contributed by atoms with Gasteiger partial charge in [0.05, 0.1) is 5.69 Å². The number of benzene rings is 2. The number of anilines is 1. The molecule has 0 saturated carbocycles. The van der Waals surface area contributed by atoms with Crippen LogP contribution in [0, 0.1) is 24.4 Å². The second-order valence-electron chi connectivity index (χ2n) is 7.01. The van der Waals surface area contributed by atoms with Crippen LogP contribution in [0.1, 0.15) is 17.5 Å². The summed E-state index contributed by atoms with van der Waals surface area (Å²) in [5.74, 6) is -1.76. The summed E-state index contributed by atoms with van der Waals surface area (Å²) in [4.78, 5) is 4.16. The number of aryl methyl sites for hydroxylation is 1. The van der Waals surface area contributed by atoms with E-state index in [4.69, 9.17) is 5.73 Å². The first-order valence-corrected chi connectivity index (χ1v) is 10.1. The highest BCUT2D eigenvalue weighted by molar-refractivity contribution is 7.80. The summed E-state index contributed by atoms with van der Waals surface area (Å²) in [6, 6.07) is 9.77. The van der Waals surface area contributed by atoms with Gasteiger partial charge in [-0.3, -0.25) is 10.3 Å². The van der Waals surface area contributed by atoms with Crippen molar-refractivity contribution in [2.24, 2.45) is 5.73 Å². The van der Waals surface area contributed by atoms with Crippen LogP contribution in [-0.4, -0.2) is 43.2 Å². The molecule has 1 aliphatic rings. The number of rotatable bonds is 4. The van der Waals surface area contributed by atoms with E-state index in [1.165, 1.54) is 12.1 Å². The summed E-state index contributed by atoms with van der Waals surface area (Å²) < 4.78 is 41.0. The van der Waals surface area contributed by atoms with E-state index in [9.17, 15) is 13.2 Å². The van der Waals surface area contributed by atoms with E-state index < -0.39 is 11.6 Å². The van der Waals surface area contributed by atoms with Gasteiger partial charge < -0.3 is 10.6 Å². The predicted octanol–water partition coefficient (Wildman–Crippen LogP) is 3.08. The highest BCUT2D eigenvalue weighted by Gasteiger charge is 2.20. The zero-order chi connectivity index (χ0) is 22.1. The molecule has 1 aliphatic heterocycles. The minimum Gasteiger partial charge on any atom is -0.375 e. The van der Waals surface area contributed by atoms with Gasteiger partial charge in [0.2, 0.25) is 0 Å². The molecule has 0 amide bonds. The first kappa shape index (κ1) is 23.9. The average Bonchev–Trinajstić information content (AvgIpc) is 2.94. The van der Waals surface area contributed by atoms with E-state index in [1.54, 1.807) is 38.2 Å². The van der Waals surface area contributed by atoms with Crippen molar-refractivity contribution in [3.05, 3.63) is 65.0 Å². The van der Waals surface area contributed by atoms with Crippen molar-refractivity contribution in [2.75, 3.05) is 38.1 Å². The van der Waals surface area contributed by atoms with Gasteiger partial charge in [0.25, 0.3) is 0 Å². The first-order valence-electron chi connectivity index (χ1n) is 9.70. The number of nitrogens with two attached hydrogens (primary N) is 1. The number of hydrogen-bond acceptors (Lipinski definition) is 4. The van der Waals surface area contributed by atoms with Gasteiger partial charge in [0, 0.05) is 39.8 Å². The van der Waals surface area contributed by atoms with Crippen LogP contribution in [0.25, 0.3) is 0 Å². The van der Waals surface area contributed by atoms with Gasteiger partial charge in [-0.2, -0.15) is 0 Å². The lowest BCUT2D eigenvalue weighted by Crippen LogP contribution is -2.37. The summed E-state index contributed by atoms with van der Waals surface area (Å²) in [6.07, 6.45) is 0.871. The molecule has 1 heterocycles. The first-order chi connectivity index (χ1) is 14.3. The molecule has 1 fully saturated rings. The number of hydrazine groups is 1. The number of nitrogens with zero attached hydrogens (tertiary/aromatic N) is 2. The topological polar surface area (TPSA) is 56.6 Å². The Bertz CT molecular complexity index is 832. The van der Waals surface area contributed by atoms with Gasteiger partial charge in [-0.15, -0.1) is 0 Å². The Balaban J connectivity index is 0.000000469. The highest BCUT2D eigenvalue weighted by atomic mass is 32.1. The predicted molar refractivity (Wildman–Crippen MR) is 119 cm³/mol. The maximum atomic E-state index is 14.2. The summed E-state index contributed by atoms with van der Waals surface area (Å²) in [7, 11) is 1.69. The van der Waals surface area contributed by atoms with Crippen molar-refractivity contribution in [2.45, 2.75) is 19.9 Å². The molecular formula is C21H28F3N5S. The molecule has 5 nitrogen and oxygen atoms in total. The second kappa shape index (κ2) is 11.7. The largest absolute Gasteiger partial charge is 0.375 e. The van der Waals surface area contributed by atoms with Crippen molar-refractivity contribution < 1.29 is 13.2 Å². The van der Waals surface area contributed by atoms with Crippen molar-refractivity contribution in [3.8, 4) is 0 Å². The lowest BCUT2D eigenvalue weighted by atomic mass is 10.2. The van der Waals surface area contributed by atoms with E-state index in [-0.39, 0.29) is 10.9 Å². The molecular weight excluding hydrogens is 411 g/mol. The van der Waals surface area contributed by atoms with Crippen LogP contribution in [0.5, 0.6) is 0 Å². The molecule has 0 unspecified atom stereocenters. The Morgan fingerprint density at radius 2 is 1.70 bits per heavy atom. The van der Waals surface area contributed by atoms with Gasteiger partial charge in [-0.25, -0.2) is 18.6 Å². The number of hydrogen-bond donors (Lipinski definition) is 3. The van der Waals surface area contributed by atoms with Crippen LogP contribution in [0.2, 0.25) is 0 Å². The molecule has 9 heteroatoms. The Kier molecular flexibility index (Phi) is 9.35. The molecule has 0 spiro atoms. The minimum atomic E-state index is -0.764. The van der Waals surface area contributed by atoms with Gasteiger partial charge in [0.1, 0.15) is 5.82 Å². The fraction of sp³-hybridized carbons (Fsp3) is 0.381. The summed E-state index contributed by atoms with van der Waals surface area (Å²) >= 11 is 4.40. The average molecular weight is 440 g/mol. The molecule has 2 aromatic rings. The zero-order valence-corrected chi connectivity index (χ0v) is 18.0. The molecule has 0 bridgehead atoms. The van der Waals surface area contributed by atoms with Crippen molar-refractivity contribution in [3.63, 3.8) is 0 Å². The Morgan fingerprint density at radius 3 is 2.30 bits per heavy atom. The van der Waals surface area contributed by atoms with Crippen LogP contribution in [0.4, 0.5) is 18.9 Å². The van der Waals surface area contributed by atoms with E-state index in [0.717, 1.165) is 31.6 Å². The van der Waals surface area contributed by atoms with Gasteiger partial charge in [-0.1, -0.05) is 18.2 Å². The van der Waals surface area contributed by atoms with Crippen LogP contribution in [0.15, 0.2) is 36.4 Å². The fourth-order valence-corrected chi connectivity index (χ4v) is 3.32. The van der Waals surface area contributed by atoms with Crippen LogP contribution < -0.4 is 21.5 Å². The molecule has 164 valence electrons. The van der Waals surface area contributed by atoms with Crippen molar-refractivity contribution in [1.29, 1.82) is 0 Å². The summed E-state index contributed by atoms with van der Waals surface area (Å²) in [6.45, 7) is 5.27. The second-order valence-corrected chi connectivity index (χ2v) is 7.45. The molecule has 0 aromatic heterocycles. The van der Waals surface area contributed by atoms with Gasteiger partial charge >= 0.3 is 0 Å². The van der Waals surface area contributed by atoms with Crippen LogP contribution in [0.3, 0.4) is 0 Å². The minimum absolute atomic E-state index is 0.238. The Morgan fingerprint density at radius 1 is 1.00 bits per heavy atom. The van der Waals surface area contributed by atoms with E-state index in [0.29, 0.717) is 24.3 Å². The van der Waals surface area contributed by atoms with E-state index in [2.05, 4.69) is 28.0 Å². The Hall–Kier alpha value is -2.36. The Labute approximate surface area is 181 Å².